The number of carbonyl (C=O) groups is 4. The van der Waals surface area contributed by atoms with Gasteiger partial charge >= 0.3 is 18.1 Å². The van der Waals surface area contributed by atoms with E-state index in [1.807, 2.05) is 61.2 Å². The SMILES string of the molecule is Cc1cc(C[C@@H](OC(=O)N2CCC(N3CCc4ccccc4NC3=O)CC2)C(=O)N2CCC(C3CCN(CC(=O)OCCCN(C)C)CC3)CC2)cc(Cl)c1N. The number of nitrogens with zero attached hydrogens (tertiary/aromatic N) is 5. The average Bonchev–Trinajstić information content (AvgIpc) is 3.36. The summed E-state index contributed by atoms with van der Waals surface area (Å²) in [5, 5.41) is 3.46. The van der Waals surface area contributed by atoms with E-state index in [9.17, 15) is 19.2 Å². The molecular formula is C42H60ClN7O6. The van der Waals surface area contributed by atoms with Crippen molar-refractivity contribution in [2.75, 3.05) is 90.7 Å². The molecule has 3 N–H and O–H groups in total. The topological polar surface area (TPSA) is 141 Å². The van der Waals surface area contributed by atoms with Gasteiger partial charge < -0.3 is 40.1 Å². The summed E-state index contributed by atoms with van der Waals surface area (Å²) in [5.41, 5.74) is 10.2. The smallest absolute Gasteiger partial charge is 0.410 e. The van der Waals surface area contributed by atoms with Gasteiger partial charge in [0.25, 0.3) is 5.91 Å². The van der Waals surface area contributed by atoms with Crippen molar-refractivity contribution in [3.8, 4) is 0 Å². The lowest BCUT2D eigenvalue weighted by Gasteiger charge is -2.41. The van der Waals surface area contributed by atoms with Crippen molar-refractivity contribution in [3.63, 3.8) is 0 Å². The van der Waals surface area contributed by atoms with E-state index in [0.717, 1.165) is 80.5 Å². The van der Waals surface area contributed by atoms with Crippen LogP contribution in [0.3, 0.4) is 0 Å². The monoisotopic (exact) mass is 793 g/mol. The fourth-order valence-electron chi connectivity index (χ4n) is 8.80. The minimum absolute atomic E-state index is 0.00113. The van der Waals surface area contributed by atoms with E-state index in [1.54, 1.807) is 11.0 Å². The number of hydrogen-bond acceptors (Lipinski definition) is 9. The highest BCUT2D eigenvalue weighted by atomic mass is 35.5. The van der Waals surface area contributed by atoms with E-state index in [1.165, 1.54) is 0 Å². The molecule has 13 nitrogen and oxygen atoms in total. The molecule has 3 fully saturated rings. The Bertz CT molecular complexity index is 1660. The molecule has 0 aromatic heterocycles. The van der Waals surface area contributed by atoms with Gasteiger partial charge in [-0.25, -0.2) is 9.59 Å². The van der Waals surface area contributed by atoms with E-state index in [2.05, 4.69) is 15.1 Å². The first kappa shape index (κ1) is 41.6. The third kappa shape index (κ3) is 10.9. The third-order valence-corrected chi connectivity index (χ3v) is 12.5. The van der Waals surface area contributed by atoms with Crippen LogP contribution in [0.1, 0.15) is 61.6 Å². The van der Waals surface area contributed by atoms with Crippen LogP contribution in [0.25, 0.3) is 0 Å². The Hall–Kier alpha value is -4.07. The predicted octanol–water partition coefficient (Wildman–Crippen LogP) is 5.28. The third-order valence-electron chi connectivity index (χ3n) is 12.2. The van der Waals surface area contributed by atoms with Gasteiger partial charge in [0.2, 0.25) is 0 Å². The summed E-state index contributed by atoms with van der Waals surface area (Å²) < 4.78 is 11.5. The molecule has 4 heterocycles. The molecule has 4 aliphatic heterocycles. The zero-order valence-electron chi connectivity index (χ0n) is 33.3. The first-order chi connectivity index (χ1) is 26.9. The number of likely N-dealkylation sites (tertiary alicyclic amines) is 3. The van der Waals surface area contributed by atoms with Crippen LogP contribution in [0.4, 0.5) is 21.0 Å². The molecule has 0 saturated carbocycles. The van der Waals surface area contributed by atoms with Gasteiger partial charge in [-0.3, -0.25) is 14.5 Å². The minimum atomic E-state index is -1.02. The molecule has 0 spiro atoms. The van der Waals surface area contributed by atoms with Gasteiger partial charge in [-0.1, -0.05) is 35.9 Å². The molecule has 1 atom stereocenters. The number of piperidine rings is 3. The maximum atomic E-state index is 14.2. The van der Waals surface area contributed by atoms with Crippen LogP contribution in [0.2, 0.25) is 5.02 Å². The second-order valence-electron chi connectivity index (χ2n) is 16.3. The molecule has 6 rings (SSSR count). The molecule has 2 aromatic carbocycles. The molecule has 14 heteroatoms. The number of rotatable bonds is 12. The fraction of sp³-hybridized carbons (Fsp3) is 0.619. The Morgan fingerprint density at radius 3 is 2.27 bits per heavy atom. The van der Waals surface area contributed by atoms with Gasteiger partial charge in [-0.05, 0) is 126 Å². The largest absolute Gasteiger partial charge is 0.465 e. The number of carbonyl (C=O) groups excluding carboxylic acids is 4. The molecule has 2 aromatic rings. The van der Waals surface area contributed by atoms with E-state index < -0.39 is 12.2 Å². The lowest BCUT2D eigenvalue weighted by atomic mass is 9.78. The Morgan fingerprint density at radius 2 is 1.59 bits per heavy atom. The number of benzene rings is 2. The Kier molecular flexibility index (Phi) is 14.4. The van der Waals surface area contributed by atoms with Crippen LogP contribution < -0.4 is 11.1 Å². The molecule has 306 valence electrons. The van der Waals surface area contributed by atoms with Crippen LogP contribution in [0.15, 0.2) is 36.4 Å². The molecule has 56 heavy (non-hydrogen) atoms. The Balaban J connectivity index is 1.01. The lowest BCUT2D eigenvalue weighted by Crippen LogP contribution is -2.52. The minimum Gasteiger partial charge on any atom is -0.465 e. The van der Waals surface area contributed by atoms with Crippen LogP contribution in [-0.4, -0.2) is 140 Å². The first-order valence-corrected chi connectivity index (χ1v) is 20.8. The summed E-state index contributed by atoms with van der Waals surface area (Å²) in [4.78, 5) is 63.1. The number of nitrogens with one attached hydrogen (secondary N) is 1. The number of fused-ring (bicyclic) bond motifs is 1. The second-order valence-corrected chi connectivity index (χ2v) is 16.7. The summed E-state index contributed by atoms with van der Waals surface area (Å²) >= 11 is 6.45. The number of nitrogens with two attached hydrogens (primary N) is 1. The van der Waals surface area contributed by atoms with Crippen LogP contribution in [0.5, 0.6) is 0 Å². The number of para-hydroxylation sites is 1. The van der Waals surface area contributed by atoms with Crippen molar-refractivity contribution < 1.29 is 28.7 Å². The summed E-state index contributed by atoms with van der Waals surface area (Å²) in [5.74, 6) is 0.697. The van der Waals surface area contributed by atoms with Gasteiger partial charge in [-0.2, -0.15) is 0 Å². The number of hydrogen-bond donors (Lipinski definition) is 2. The number of ether oxygens (including phenoxy) is 2. The maximum absolute atomic E-state index is 14.2. The molecule has 0 unspecified atom stereocenters. The van der Waals surface area contributed by atoms with Gasteiger partial charge in [0, 0.05) is 57.4 Å². The lowest BCUT2D eigenvalue weighted by molar-refractivity contribution is -0.145. The number of urea groups is 1. The Morgan fingerprint density at radius 1 is 0.929 bits per heavy atom. The fourth-order valence-corrected chi connectivity index (χ4v) is 9.09. The molecule has 4 amide bonds. The number of amides is 4. The van der Waals surface area contributed by atoms with Crippen LogP contribution >= 0.6 is 11.6 Å². The molecule has 0 aliphatic carbocycles. The van der Waals surface area contributed by atoms with Gasteiger partial charge in [0.05, 0.1) is 23.9 Å². The number of aryl methyl sites for hydroxylation is 1. The maximum Gasteiger partial charge on any atom is 0.410 e. The predicted molar refractivity (Wildman–Crippen MR) is 218 cm³/mol. The number of esters is 1. The number of halogens is 1. The van der Waals surface area contributed by atoms with E-state index in [4.69, 9.17) is 26.8 Å². The first-order valence-electron chi connectivity index (χ1n) is 20.4. The summed E-state index contributed by atoms with van der Waals surface area (Å²) in [6.07, 6.45) is 5.32. The highest BCUT2D eigenvalue weighted by Crippen LogP contribution is 2.33. The van der Waals surface area contributed by atoms with E-state index in [-0.39, 0.29) is 30.4 Å². The van der Waals surface area contributed by atoms with Crippen molar-refractivity contribution in [2.45, 2.75) is 76.9 Å². The van der Waals surface area contributed by atoms with Crippen molar-refractivity contribution in [1.82, 2.24) is 24.5 Å². The number of nitrogen functional groups attached to an aromatic ring is 1. The Labute approximate surface area is 336 Å². The molecule has 0 bridgehead atoms. The molecule has 4 aliphatic rings. The zero-order chi connectivity index (χ0) is 39.8. The van der Waals surface area contributed by atoms with Crippen LogP contribution in [0, 0.1) is 18.8 Å². The number of anilines is 2. The quantitative estimate of drug-likeness (QED) is 0.167. The van der Waals surface area contributed by atoms with Crippen molar-refractivity contribution in [1.29, 1.82) is 0 Å². The van der Waals surface area contributed by atoms with Crippen molar-refractivity contribution in [2.24, 2.45) is 11.8 Å². The second kappa shape index (κ2) is 19.4. The van der Waals surface area contributed by atoms with Gasteiger partial charge in [0.1, 0.15) is 0 Å². The highest BCUT2D eigenvalue weighted by molar-refractivity contribution is 6.33. The van der Waals surface area contributed by atoms with E-state index in [0.29, 0.717) is 81.3 Å². The zero-order valence-corrected chi connectivity index (χ0v) is 34.1. The molecular weight excluding hydrogens is 734 g/mol. The van der Waals surface area contributed by atoms with Crippen LogP contribution in [-0.2, 0) is 31.9 Å². The average molecular weight is 794 g/mol. The van der Waals surface area contributed by atoms with Gasteiger partial charge in [0.15, 0.2) is 6.10 Å². The van der Waals surface area contributed by atoms with Crippen molar-refractivity contribution >= 4 is 47.0 Å². The van der Waals surface area contributed by atoms with Gasteiger partial charge in [-0.15, -0.1) is 0 Å². The normalized spacial score (nSPS) is 19.7. The van der Waals surface area contributed by atoms with Crippen molar-refractivity contribution in [3.05, 3.63) is 58.1 Å². The highest BCUT2D eigenvalue weighted by Gasteiger charge is 2.37. The summed E-state index contributed by atoms with van der Waals surface area (Å²) in [7, 11) is 4.02. The summed E-state index contributed by atoms with van der Waals surface area (Å²) in [6, 6.07) is 11.4. The summed E-state index contributed by atoms with van der Waals surface area (Å²) in [6.45, 7) is 7.96. The molecule has 0 radical (unpaired) electrons. The van der Waals surface area contributed by atoms with E-state index >= 15 is 0 Å². The molecule has 3 saturated heterocycles. The standard InChI is InChI=1S/C42H60ClN7O6/c1-29-25-30(26-35(43)39(29)44)27-37(56-42(54)49-21-14-34(15-22-49)50-23-13-33-7-4-5-8-36(33)45-41(50)53)40(52)48-19-11-32(12-20-48)31-9-17-47(18-10-31)28-38(51)55-24-6-16-46(2)3/h4-5,7-8,25-26,31-32,34,37H,6,9-24,27-28,44H2,1-3H3,(H,45,53)/t37-/m1/s1.